The zero-order valence-electron chi connectivity index (χ0n) is 18.7. The van der Waals surface area contributed by atoms with Crippen LogP contribution in [0.3, 0.4) is 0 Å². The summed E-state index contributed by atoms with van der Waals surface area (Å²) in [6.07, 6.45) is -2.65. The Kier molecular flexibility index (Phi) is 11.3. The van der Waals surface area contributed by atoms with Gasteiger partial charge < -0.3 is 19.9 Å². The Morgan fingerprint density at radius 1 is 0.971 bits per heavy atom. The Hall–Kier alpha value is -3.86. The van der Waals surface area contributed by atoms with E-state index in [9.17, 15) is 29.1 Å². The van der Waals surface area contributed by atoms with Crippen LogP contribution in [0, 0.1) is 0 Å². The minimum atomic E-state index is -1.16. The number of aliphatic carboxylic acids is 1. The summed E-state index contributed by atoms with van der Waals surface area (Å²) in [6, 6.07) is 15.5. The molecule has 0 spiro atoms. The maximum atomic E-state index is 12.7. The fourth-order valence-corrected chi connectivity index (χ4v) is 3.43. The Labute approximate surface area is 207 Å². The second-order valence-electron chi connectivity index (χ2n) is 7.38. The van der Waals surface area contributed by atoms with Gasteiger partial charge in [0.15, 0.2) is 12.0 Å². The Morgan fingerprint density at radius 3 is 2.17 bits per heavy atom. The van der Waals surface area contributed by atoms with Gasteiger partial charge in [-0.3, -0.25) is 24.5 Å². The number of amides is 2. The molecule has 2 aromatic rings. The number of carboxylic acids is 1. The summed E-state index contributed by atoms with van der Waals surface area (Å²) < 4.78 is 9.84. The summed E-state index contributed by atoms with van der Waals surface area (Å²) in [5, 5.41) is 14.4. The zero-order valence-corrected chi connectivity index (χ0v) is 19.6. The molecule has 0 heterocycles. The Balaban J connectivity index is 1.89. The van der Waals surface area contributed by atoms with Crippen molar-refractivity contribution in [2.75, 3.05) is 5.75 Å². The van der Waals surface area contributed by atoms with Crippen molar-refractivity contribution in [1.82, 2.24) is 10.6 Å². The largest absolute Gasteiger partial charge is 0.481 e. The number of nitrogens with one attached hydrogen (secondary N) is 2. The lowest BCUT2D eigenvalue weighted by Gasteiger charge is -2.20. The maximum Gasteiger partial charge on any atom is 0.415 e. The van der Waals surface area contributed by atoms with E-state index in [2.05, 4.69) is 23.3 Å². The maximum absolute atomic E-state index is 12.7. The molecule has 2 rings (SSSR count). The minimum absolute atomic E-state index is 0.0401. The average Bonchev–Trinajstić information content (AvgIpc) is 2.85. The number of carbonyl (C=O) groups excluding carboxylic acids is 4. The number of Topliss-reactive ketones (excluding diaryl/α,β-unsaturated/α-hetero) is 1. The van der Waals surface area contributed by atoms with Crippen LogP contribution in [0.5, 0.6) is 5.75 Å². The number of carboxylic acid groups (broad SMARTS) is 1. The fraction of sp³-hybridized carbons (Fsp3) is 0.292. The van der Waals surface area contributed by atoms with E-state index in [1.54, 1.807) is 60.7 Å². The van der Waals surface area contributed by atoms with Crippen LogP contribution >= 0.6 is 12.6 Å². The van der Waals surface area contributed by atoms with Crippen LogP contribution < -0.4 is 15.4 Å². The highest BCUT2D eigenvalue weighted by Crippen LogP contribution is 2.21. The number of ether oxygens (including phenoxy) is 2. The van der Waals surface area contributed by atoms with E-state index < -0.39 is 41.9 Å². The normalized spacial score (nSPS) is 12.9. The number of thiol groups is 1. The van der Waals surface area contributed by atoms with E-state index in [0.717, 1.165) is 0 Å². The molecule has 10 nitrogen and oxygen atoms in total. The molecule has 2 aromatic carbocycles. The molecule has 35 heavy (non-hydrogen) atoms. The number of para-hydroxylation sites is 1. The van der Waals surface area contributed by atoms with Crippen molar-refractivity contribution in [3.63, 3.8) is 0 Å². The van der Waals surface area contributed by atoms with Crippen LogP contribution in [0.1, 0.15) is 30.7 Å². The van der Waals surface area contributed by atoms with Crippen LogP contribution in [0.2, 0.25) is 0 Å². The molecule has 3 N–H and O–H groups in total. The first kappa shape index (κ1) is 27.4. The molecule has 11 heteroatoms. The van der Waals surface area contributed by atoms with Crippen molar-refractivity contribution in [3.8, 4) is 5.75 Å². The molecule has 3 atom stereocenters. The number of rotatable bonds is 14. The minimum Gasteiger partial charge on any atom is -0.481 e. The van der Waals surface area contributed by atoms with Gasteiger partial charge in [0.1, 0.15) is 5.75 Å². The quantitative estimate of drug-likeness (QED) is 0.175. The summed E-state index contributed by atoms with van der Waals surface area (Å²) >= 11 is 4.10. The first-order valence-electron chi connectivity index (χ1n) is 10.7. The third kappa shape index (κ3) is 9.49. The zero-order chi connectivity index (χ0) is 25.6. The highest BCUT2D eigenvalue weighted by atomic mass is 32.1. The van der Waals surface area contributed by atoms with Gasteiger partial charge in [-0.25, -0.2) is 4.79 Å². The summed E-state index contributed by atoms with van der Waals surface area (Å²) in [6.45, 7) is 0.126. The van der Waals surface area contributed by atoms with Gasteiger partial charge in [0.25, 0.3) is 6.47 Å². The number of hydrogen-bond acceptors (Lipinski definition) is 8. The molecular weight excluding hydrogens is 476 g/mol. The first-order valence-corrected chi connectivity index (χ1v) is 11.3. The summed E-state index contributed by atoms with van der Waals surface area (Å²) in [4.78, 5) is 59.5. The lowest BCUT2D eigenvalue weighted by Crippen LogP contribution is -2.44. The van der Waals surface area contributed by atoms with Crippen molar-refractivity contribution in [3.05, 3.63) is 66.2 Å². The topological polar surface area (TPSA) is 148 Å². The lowest BCUT2D eigenvalue weighted by molar-refractivity contribution is -0.141. The number of benzene rings is 2. The van der Waals surface area contributed by atoms with Gasteiger partial charge in [-0.2, -0.15) is 12.6 Å². The molecule has 0 aromatic heterocycles. The summed E-state index contributed by atoms with van der Waals surface area (Å²) in [7, 11) is 0. The average molecular weight is 503 g/mol. The number of ketones is 1. The number of hydrogen-bond donors (Lipinski definition) is 4. The van der Waals surface area contributed by atoms with E-state index in [-0.39, 0.29) is 37.2 Å². The third-order valence-corrected chi connectivity index (χ3v) is 5.26. The fourth-order valence-electron chi connectivity index (χ4n) is 3.13. The predicted octanol–water partition coefficient (Wildman–Crippen LogP) is 2.30. The molecule has 0 bridgehead atoms. The highest BCUT2D eigenvalue weighted by Gasteiger charge is 2.28. The molecule has 0 unspecified atom stereocenters. The first-order chi connectivity index (χ1) is 16.8. The van der Waals surface area contributed by atoms with Gasteiger partial charge in [-0.1, -0.05) is 48.5 Å². The Bertz CT molecular complexity index is 1000. The van der Waals surface area contributed by atoms with E-state index in [1.807, 2.05) is 0 Å². The van der Waals surface area contributed by atoms with Crippen molar-refractivity contribution in [2.24, 2.45) is 0 Å². The summed E-state index contributed by atoms with van der Waals surface area (Å²) in [5.41, 5.74) is 0.472. The van der Waals surface area contributed by atoms with Gasteiger partial charge >= 0.3 is 12.1 Å². The van der Waals surface area contributed by atoms with Crippen LogP contribution in [-0.4, -0.2) is 53.4 Å². The molecule has 0 fully saturated rings. The lowest BCUT2D eigenvalue weighted by atomic mass is 9.92. The second kappa shape index (κ2) is 14.4. The van der Waals surface area contributed by atoms with Crippen LogP contribution in [0.4, 0.5) is 4.79 Å². The summed E-state index contributed by atoms with van der Waals surface area (Å²) in [5.74, 6) is -3.04. The monoisotopic (exact) mass is 502 g/mol. The van der Waals surface area contributed by atoms with Crippen molar-refractivity contribution >= 4 is 42.9 Å². The van der Waals surface area contributed by atoms with Crippen LogP contribution in [0.25, 0.3) is 0 Å². The molecule has 0 aliphatic rings. The van der Waals surface area contributed by atoms with E-state index >= 15 is 0 Å². The van der Waals surface area contributed by atoms with Crippen LogP contribution in [-0.2, 0) is 23.9 Å². The molecule has 0 radical (unpaired) electrons. The molecule has 0 saturated carbocycles. The second-order valence-corrected chi connectivity index (χ2v) is 7.75. The molecule has 0 aliphatic heterocycles. The van der Waals surface area contributed by atoms with Crippen molar-refractivity contribution in [1.29, 1.82) is 0 Å². The molecule has 2 amide bonds. The number of carbonyl (C=O) groups is 5. The van der Waals surface area contributed by atoms with Gasteiger partial charge in [0, 0.05) is 25.0 Å². The Morgan fingerprint density at radius 2 is 1.60 bits per heavy atom. The standard InChI is InChI=1S/C24H26N2O8S/c27-15-33-22(26-24(32)34-17-9-5-2-6-10-17)12-11-21(29)25-19(14-35)20(28)13-18(23(30)31)16-7-3-1-4-8-16/h1-10,15,18-19,22,35H,11-14H2,(H,25,29)(H,26,32)(H,30,31)/t18-,19+,22-/m1/s1. The van der Waals surface area contributed by atoms with Gasteiger partial charge in [0.2, 0.25) is 5.91 Å². The predicted molar refractivity (Wildman–Crippen MR) is 128 cm³/mol. The third-order valence-electron chi connectivity index (χ3n) is 4.90. The van der Waals surface area contributed by atoms with Crippen LogP contribution in [0.15, 0.2) is 60.7 Å². The SMILES string of the molecule is O=CO[C@H](CCC(=O)N[C@@H](CS)C(=O)C[C@@H](C(=O)O)c1ccccc1)NC(=O)Oc1ccccc1. The van der Waals surface area contributed by atoms with Gasteiger partial charge in [0.05, 0.1) is 12.0 Å². The highest BCUT2D eigenvalue weighted by molar-refractivity contribution is 7.80. The molecule has 0 aliphatic carbocycles. The smallest absolute Gasteiger partial charge is 0.415 e. The van der Waals surface area contributed by atoms with Crippen molar-refractivity contribution < 1.29 is 38.6 Å². The molecular formula is C24H26N2O8S. The molecule has 186 valence electrons. The van der Waals surface area contributed by atoms with E-state index in [4.69, 9.17) is 9.47 Å². The van der Waals surface area contributed by atoms with E-state index in [1.165, 1.54) is 0 Å². The van der Waals surface area contributed by atoms with Crippen molar-refractivity contribution in [2.45, 2.75) is 37.5 Å². The van der Waals surface area contributed by atoms with E-state index in [0.29, 0.717) is 5.56 Å². The van der Waals surface area contributed by atoms with Gasteiger partial charge in [-0.05, 0) is 17.7 Å². The van der Waals surface area contributed by atoms with Gasteiger partial charge in [-0.15, -0.1) is 0 Å². The molecule has 0 saturated heterocycles.